The van der Waals surface area contributed by atoms with Gasteiger partial charge in [-0.3, -0.25) is 4.18 Å². The first-order valence-corrected chi connectivity index (χ1v) is 22.7. The highest BCUT2D eigenvalue weighted by Gasteiger charge is 2.16. The third-order valence-corrected chi connectivity index (χ3v) is 11.1. The molecule has 0 fully saturated rings. The van der Waals surface area contributed by atoms with E-state index >= 15 is 0 Å². The van der Waals surface area contributed by atoms with Gasteiger partial charge in [-0.25, -0.2) is 8.42 Å². The monoisotopic (exact) mass is 837 g/mol. The standard InChI is InChI=1S/C22H31NO5S.C20H36N2O5S/c1-4-23(21-7-5-6-20(3)18-21)12-13-26-14-15-27-16-17-28-29(24,25)22-10-8-19(2)9-11-22;1-5-21(20-9-6-8-19(2)18-20)10-13-26-15-16-27-14-12-22(3,4)11-7-17-28(23,24)25/h5-11,18H,4,12-17H2,1-3H3;6,8-9,18H,5,7,10-17H2,1-4H3. The lowest BCUT2D eigenvalue weighted by Crippen LogP contribution is -2.43. The van der Waals surface area contributed by atoms with Crippen LogP contribution in [-0.4, -0.2) is 144 Å². The van der Waals surface area contributed by atoms with Gasteiger partial charge in [-0.15, -0.1) is 0 Å². The van der Waals surface area contributed by atoms with Gasteiger partial charge in [0.05, 0.1) is 95.1 Å². The average Bonchev–Trinajstić information content (AvgIpc) is 3.15. The predicted octanol–water partition coefficient (Wildman–Crippen LogP) is 5.43. The van der Waals surface area contributed by atoms with Gasteiger partial charge >= 0.3 is 0 Å². The van der Waals surface area contributed by atoms with E-state index in [1.807, 2.05) is 21.0 Å². The van der Waals surface area contributed by atoms with Gasteiger partial charge in [-0.1, -0.05) is 42.0 Å². The summed E-state index contributed by atoms with van der Waals surface area (Å²) in [5.74, 6) is -0.305. The molecule has 0 radical (unpaired) electrons. The fourth-order valence-corrected chi connectivity index (χ4v) is 7.03. The molecule has 0 aliphatic rings. The lowest BCUT2D eigenvalue weighted by atomic mass is 10.2. The summed E-state index contributed by atoms with van der Waals surface area (Å²) in [7, 11) is -3.86. The van der Waals surface area contributed by atoms with E-state index in [0.717, 1.165) is 38.3 Å². The Morgan fingerprint density at radius 3 is 1.49 bits per heavy atom. The zero-order valence-electron chi connectivity index (χ0n) is 35.2. The van der Waals surface area contributed by atoms with Crippen molar-refractivity contribution in [1.82, 2.24) is 0 Å². The van der Waals surface area contributed by atoms with Crippen LogP contribution in [0.15, 0.2) is 77.7 Å². The highest BCUT2D eigenvalue weighted by atomic mass is 32.2. The van der Waals surface area contributed by atoms with E-state index in [-0.39, 0.29) is 23.9 Å². The van der Waals surface area contributed by atoms with Crippen LogP contribution in [0.5, 0.6) is 0 Å². The van der Waals surface area contributed by atoms with E-state index in [0.29, 0.717) is 63.7 Å². The molecule has 57 heavy (non-hydrogen) atoms. The minimum atomic E-state index is -4.12. The number of ether oxygens (including phenoxy) is 4. The molecule has 0 bridgehead atoms. The van der Waals surface area contributed by atoms with Crippen molar-refractivity contribution in [2.75, 3.05) is 128 Å². The van der Waals surface area contributed by atoms with Gasteiger partial charge in [0.15, 0.2) is 0 Å². The third-order valence-electron chi connectivity index (χ3n) is 9.03. The normalized spacial score (nSPS) is 11.9. The van der Waals surface area contributed by atoms with Crippen LogP contribution in [0.4, 0.5) is 11.4 Å². The van der Waals surface area contributed by atoms with E-state index in [1.165, 1.54) is 34.6 Å². The van der Waals surface area contributed by atoms with Crippen molar-refractivity contribution in [3.8, 4) is 0 Å². The van der Waals surface area contributed by atoms with Crippen molar-refractivity contribution < 1.29 is 49.0 Å². The molecular weight excluding hydrogens is 771 g/mol. The van der Waals surface area contributed by atoms with Crippen molar-refractivity contribution in [3.05, 3.63) is 89.5 Å². The number of hydrogen-bond acceptors (Lipinski definition) is 12. The van der Waals surface area contributed by atoms with Gasteiger partial charge in [0.1, 0.15) is 6.54 Å². The second-order valence-electron chi connectivity index (χ2n) is 14.4. The topological polar surface area (TPSA) is 144 Å². The Morgan fingerprint density at radius 1 is 0.579 bits per heavy atom. The summed E-state index contributed by atoms with van der Waals surface area (Å²) in [5.41, 5.74) is 5.89. The summed E-state index contributed by atoms with van der Waals surface area (Å²) in [5, 5.41) is 0. The molecule has 0 amide bonds. The van der Waals surface area contributed by atoms with Crippen LogP contribution in [0.1, 0.15) is 37.0 Å². The van der Waals surface area contributed by atoms with E-state index in [9.17, 15) is 21.4 Å². The molecular formula is C42H67N3O10S2. The molecule has 0 aliphatic carbocycles. The third kappa shape index (κ3) is 22.6. The molecule has 0 saturated heterocycles. The maximum atomic E-state index is 12.0. The van der Waals surface area contributed by atoms with Gasteiger partial charge in [-0.2, -0.15) is 8.42 Å². The number of rotatable bonds is 28. The molecule has 15 heteroatoms. The number of quaternary nitrogens is 1. The zero-order chi connectivity index (χ0) is 42.2. The van der Waals surface area contributed by atoms with Crippen LogP contribution in [-0.2, 0) is 43.4 Å². The maximum Gasteiger partial charge on any atom is 0.297 e. The van der Waals surface area contributed by atoms with Gasteiger partial charge in [0.2, 0.25) is 0 Å². The Morgan fingerprint density at radius 2 is 1.04 bits per heavy atom. The second kappa shape index (κ2) is 26.8. The van der Waals surface area contributed by atoms with Crippen molar-refractivity contribution in [2.45, 2.75) is 45.9 Å². The Balaban J connectivity index is 0.000000394. The highest BCUT2D eigenvalue weighted by molar-refractivity contribution is 7.86. The van der Waals surface area contributed by atoms with Gasteiger partial charge in [0.25, 0.3) is 10.1 Å². The number of nitrogens with zero attached hydrogens (tertiary/aromatic N) is 3. The molecule has 0 aromatic heterocycles. The molecule has 0 heterocycles. The highest BCUT2D eigenvalue weighted by Crippen LogP contribution is 2.17. The largest absolute Gasteiger partial charge is 0.748 e. The quantitative estimate of drug-likeness (QED) is 0.0398. The van der Waals surface area contributed by atoms with E-state index in [1.54, 1.807) is 12.1 Å². The SMILES string of the molecule is CCN(CCOCCOCCOS(=O)(=O)c1ccc(C)cc1)c1cccc(C)c1.CCN(CCOCCOCC[N+](C)(C)CCCS(=O)(=O)[O-])c1cccc(C)c1. The van der Waals surface area contributed by atoms with Crippen molar-refractivity contribution >= 4 is 31.6 Å². The number of anilines is 2. The lowest BCUT2D eigenvalue weighted by molar-refractivity contribution is -0.890. The molecule has 0 spiro atoms. The Hall–Kier alpha value is -3.12. The number of benzene rings is 3. The minimum absolute atomic E-state index is 0.0207. The molecule has 13 nitrogen and oxygen atoms in total. The lowest BCUT2D eigenvalue weighted by Gasteiger charge is -2.29. The number of likely N-dealkylation sites (N-methyl/N-ethyl adjacent to an activating group) is 3. The first-order valence-electron chi connectivity index (χ1n) is 19.7. The predicted molar refractivity (Wildman–Crippen MR) is 227 cm³/mol. The summed E-state index contributed by atoms with van der Waals surface area (Å²) in [4.78, 5) is 4.70. The Bertz CT molecular complexity index is 1760. The molecule has 0 aliphatic heterocycles. The number of aryl methyl sites for hydroxylation is 3. The Kier molecular flexibility index (Phi) is 23.5. The minimum Gasteiger partial charge on any atom is -0.748 e. The first kappa shape index (κ1) is 50.0. The fraction of sp³-hybridized carbons (Fsp3) is 0.571. The van der Waals surface area contributed by atoms with Crippen LogP contribution in [0.3, 0.4) is 0 Å². The van der Waals surface area contributed by atoms with Crippen LogP contribution in [0.2, 0.25) is 0 Å². The fourth-order valence-electron chi connectivity index (χ4n) is 5.65. The van der Waals surface area contributed by atoms with Crippen LogP contribution < -0.4 is 9.80 Å². The smallest absolute Gasteiger partial charge is 0.297 e. The summed E-state index contributed by atoms with van der Waals surface area (Å²) < 4.78 is 84.0. The van der Waals surface area contributed by atoms with Gasteiger partial charge < -0.3 is 37.8 Å². The van der Waals surface area contributed by atoms with E-state index < -0.39 is 20.2 Å². The molecule has 0 saturated carbocycles. The zero-order valence-corrected chi connectivity index (χ0v) is 36.8. The van der Waals surface area contributed by atoms with Crippen molar-refractivity contribution in [3.63, 3.8) is 0 Å². The maximum absolute atomic E-state index is 12.0. The van der Waals surface area contributed by atoms with Crippen LogP contribution in [0, 0.1) is 20.8 Å². The summed E-state index contributed by atoms with van der Waals surface area (Å²) in [6, 6.07) is 23.4. The van der Waals surface area contributed by atoms with Gasteiger partial charge in [0, 0.05) is 49.7 Å². The van der Waals surface area contributed by atoms with E-state index in [4.69, 9.17) is 23.1 Å². The summed E-state index contributed by atoms with van der Waals surface area (Å²) in [6.07, 6.45) is 0.372. The van der Waals surface area contributed by atoms with Crippen molar-refractivity contribution in [2.24, 2.45) is 0 Å². The molecule has 3 aromatic carbocycles. The Labute approximate surface area is 343 Å². The number of hydrogen-bond donors (Lipinski definition) is 0. The van der Waals surface area contributed by atoms with E-state index in [2.05, 4.69) is 86.0 Å². The second-order valence-corrected chi connectivity index (χ2v) is 17.5. The average molecular weight is 838 g/mol. The van der Waals surface area contributed by atoms with Gasteiger partial charge in [-0.05, 0) is 82.1 Å². The molecule has 322 valence electrons. The molecule has 3 rings (SSSR count). The van der Waals surface area contributed by atoms with Crippen molar-refractivity contribution in [1.29, 1.82) is 0 Å². The summed E-state index contributed by atoms with van der Waals surface area (Å²) in [6.45, 7) is 19.1. The molecule has 0 unspecified atom stereocenters. The first-order chi connectivity index (χ1) is 27.0. The summed E-state index contributed by atoms with van der Waals surface area (Å²) >= 11 is 0. The van der Waals surface area contributed by atoms with Crippen LogP contribution >= 0.6 is 0 Å². The molecule has 0 atom stereocenters. The molecule has 0 N–H and O–H groups in total. The van der Waals surface area contributed by atoms with Crippen LogP contribution in [0.25, 0.3) is 0 Å². The molecule has 3 aromatic rings.